The van der Waals surface area contributed by atoms with Crippen molar-refractivity contribution in [2.75, 3.05) is 13.6 Å². The molecule has 3 nitrogen and oxygen atoms in total. The summed E-state index contributed by atoms with van der Waals surface area (Å²) < 4.78 is 27.1. The van der Waals surface area contributed by atoms with Gasteiger partial charge in [-0.15, -0.1) is 0 Å². The Morgan fingerprint density at radius 2 is 1.62 bits per heavy atom. The molecule has 0 aromatic heterocycles. The first kappa shape index (κ1) is 16.2. The molecule has 0 aliphatic rings. The molecule has 0 spiro atoms. The molecule has 0 radical (unpaired) electrons. The minimum absolute atomic E-state index is 0.327. The third-order valence-electron chi connectivity index (χ3n) is 3.30. The average Bonchev–Trinajstić information content (AvgIpc) is 2.48. The smallest absolute Gasteiger partial charge is 0.207 e. The van der Waals surface area contributed by atoms with Crippen LogP contribution in [0.25, 0.3) is 0 Å². The molecule has 0 saturated carbocycles. The summed E-state index contributed by atoms with van der Waals surface area (Å²) in [6.07, 6.45) is 1.68. The summed E-state index contributed by atoms with van der Waals surface area (Å²) in [6.45, 7) is 0.507. The highest BCUT2D eigenvalue weighted by atomic mass is 79.9. The maximum absolute atomic E-state index is 12.4. The summed E-state index contributed by atoms with van der Waals surface area (Å²) in [6, 6.07) is 16.8. The molecule has 21 heavy (non-hydrogen) atoms. The number of benzene rings is 2. The number of aryl methyl sites for hydroxylation is 1. The van der Waals surface area contributed by atoms with E-state index in [1.165, 1.54) is 9.87 Å². The Morgan fingerprint density at radius 3 is 2.24 bits per heavy atom. The van der Waals surface area contributed by atoms with Gasteiger partial charge in [-0.3, -0.25) is 0 Å². The van der Waals surface area contributed by atoms with Crippen molar-refractivity contribution in [2.45, 2.75) is 17.7 Å². The van der Waals surface area contributed by atoms with Crippen molar-refractivity contribution in [1.29, 1.82) is 0 Å². The molecule has 2 aromatic carbocycles. The molecule has 2 rings (SSSR count). The van der Waals surface area contributed by atoms with Gasteiger partial charge in [-0.05, 0) is 42.7 Å². The molecule has 112 valence electrons. The Morgan fingerprint density at radius 1 is 1.00 bits per heavy atom. The molecular weight excluding hydrogens is 350 g/mol. The van der Waals surface area contributed by atoms with Gasteiger partial charge in [-0.25, -0.2) is 12.7 Å². The highest BCUT2D eigenvalue weighted by molar-refractivity contribution is 9.10. The largest absolute Gasteiger partial charge is 0.242 e. The molecule has 0 bridgehead atoms. The fourth-order valence-electron chi connectivity index (χ4n) is 2.06. The van der Waals surface area contributed by atoms with Gasteiger partial charge in [-0.1, -0.05) is 46.3 Å². The molecule has 0 N–H and O–H groups in total. The molecule has 0 saturated heterocycles. The standard InChI is InChI=1S/C16H18BrNO2S/c1-18(13-5-8-14-6-3-2-4-7-14)21(19,20)16-11-9-15(17)10-12-16/h2-4,6-7,9-12H,5,8,13H2,1H3. The molecule has 5 heteroatoms. The zero-order valence-corrected chi connectivity index (χ0v) is 14.3. The maximum Gasteiger partial charge on any atom is 0.242 e. The van der Waals surface area contributed by atoms with E-state index in [0.717, 1.165) is 17.3 Å². The molecular formula is C16H18BrNO2S. The van der Waals surface area contributed by atoms with Gasteiger partial charge >= 0.3 is 0 Å². The van der Waals surface area contributed by atoms with Crippen molar-refractivity contribution >= 4 is 26.0 Å². The van der Waals surface area contributed by atoms with Gasteiger partial charge < -0.3 is 0 Å². The van der Waals surface area contributed by atoms with Gasteiger partial charge in [-0.2, -0.15) is 0 Å². The number of halogens is 1. The summed E-state index contributed by atoms with van der Waals surface area (Å²) in [5.74, 6) is 0. The first-order valence-electron chi connectivity index (χ1n) is 6.76. The number of nitrogens with zero attached hydrogens (tertiary/aromatic N) is 1. The SMILES string of the molecule is CN(CCCc1ccccc1)S(=O)(=O)c1ccc(Br)cc1. The van der Waals surface area contributed by atoms with Gasteiger partial charge in [0, 0.05) is 18.1 Å². The Kier molecular flexibility index (Phi) is 5.56. The minimum atomic E-state index is -3.40. The van der Waals surface area contributed by atoms with Crippen molar-refractivity contribution < 1.29 is 8.42 Å². The van der Waals surface area contributed by atoms with E-state index in [4.69, 9.17) is 0 Å². The quantitative estimate of drug-likeness (QED) is 0.780. The van der Waals surface area contributed by atoms with Crippen LogP contribution in [0.4, 0.5) is 0 Å². The number of hydrogen-bond acceptors (Lipinski definition) is 2. The van der Waals surface area contributed by atoms with E-state index in [-0.39, 0.29) is 0 Å². The van der Waals surface area contributed by atoms with Crippen LogP contribution in [0.15, 0.2) is 64.0 Å². The van der Waals surface area contributed by atoms with Crippen LogP contribution in [-0.4, -0.2) is 26.3 Å². The van der Waals surface area contributed by atoms with E-state index in [1.807, 2.05) is 18.2 Å². The lowest BCUT2D eigenvalue weighted by Gasteiger charge is -2.17. The van der Waals surface area contributed by atoms with E-state index in [0.29, 0.717) is 11.4 Å². The normalized spacial score (nSPS) is 11.8. The van der Waals surface area contributed by atoms with Crippen molar-refractivity contribution in [3.8, 4) is 0 Å². The molecule has 0 heterocycles. The molecule has 2 aromatic rings. The van der Waals surface area contributed by atoms with Crippen LogP contribution in [0, 0.1) is 0 Å². The predicted octanol–water partition coefficient (Wildman–Crippen LogP) is 3.70. The molecule has 0 aliphatic carbocycles. The lowest BCUT2D eigenvalue weighted by Crippen LogP contribution is -2.28. The van der Waals surface area contributed by atoms with Crippen LogP contribution in [0.2, 0.25) is 0 Å². The fourth-order valence-corrected chi connectivity index (χ4v) is 3.53. The van der Waals surface area contributed by atoms with E-state index < -0.39 is 10.0 Å². The van der Waals surface area contributed by atoms with E-state index in [1.54, 1.807) is 31.3 Å². The van der Waals surface area contributed by atoms with Gasteiger partial charge in [0.15, 0.2) is 0 Å². The molecule has 0 atom stereocenters. The van der Waals surface area contributed by atoms with Crippen molar-refractivity contribution in [1.82, 2.24) is 4.31 Å². The van der Waals surface area contributed by atoms with Crippen LogP contribution in [0.1, 0.15) is 12.0 Å². The van der Waals surface area contributed by atoms with Crippen molar-refractivity contribution in [3.05, 3.63) is 64.6 Å². The molecule has 0 fully saturated rings. The van der Waals surface area contributed by atoms with Crippen molar-refractivity contribution in [2.24, 2.45) is 0 Å². The van der Waals surface area contributed by atoms with Crippen LogP contribution >= 0.6 is 15.9 Å². The van der Waals surface area contributed by atoms with Crippen LogP contribution in [0.5, 0.6) is 0 Å². The van der Waals surface area contributed by atoms with Crippen LogP contribution in [0.3, 0.4) is 0 Å². The van der Waals surface area contributed by atoms with Gasteiger partial charge in [0.25, 0.3) is 0 Å². The molecule has 0 aliphatic heterocycles. The second-order valence-electron chi connectivity index (χ2n) is 4.87. The number of sulfonamides is 1. The maximum atomic E-state index is 12.4. The summed E-state index contributed by atoms with van der Waals surface area (Å²) >= 11 is 3.31. The first-order valence-corrected chi connectivity index (χ1v) is 8.99. The van der Waals surface area contributed by atoms with E-state index >= 15 is 0 Å². The van der Waals surface area contributed by atoms with Crippen LogP contribution < -0.4 is 0 Å². The summed E-state index contributed by atoms with van der Waals surface area (Å²) in [7, 11) is -1.77. The second-order valence-corrected chi connectivity index (χ2v) is 7.83. The zero-order chi connectivity index (χ0) is 15.3. The zero-order valence-electron chi connectivity index (χ0n) is 11.9. The Balaban J connectivity index is 1.96. The lowest BCUT2D eigenvalue weighted by atomic mass is 10.1. The Hall–Kier alpha value is -1.17. The monoisotopic (exact) mass is 367 g/mol. The van der Waals surface area contributed by atoms with Gasteiger partial charge in [0.05, 0.1) is 4.90 Å². The minimum Gasteiger partial charge on any atom is -0.207 e. The van der Waals surface area contributed by atoms with Gasteiger partial charge in [0.2, 0.25) is 10.0 Å². The molecule has 0 unspecified atom stereocenters. The fraction of sp³-hybridized carbons (Fsp3) is 0.250. The third-order valence-corrected chi connectivity index (χ3v) is 5.70. The Labute approximate surface area is 134 Å². The topological polar surface area (TPSA) is 37.4 Å². The van der Waals surface area contributed by atoms with Gasteiger partial charge in [0.1, 0.15) is 0 Å². The van der Waals surface area contributed by atoms with Crippen molar-refractivity contribution in [3.63, 3.8) is 0 Å². The van der Waals surface area contributed by atoms with E-state index in [2.05, 4.69) is 28.1 Å². The summed E-state index contributed by atoms with van der Waals surface area (Å²) in [5, 5.41) is 0. The number of hydrogen-bond donors (Lipinski definition) is 0. The summed E-state index contributed by atoms with van der Waals surface area (Å²) in [5.41, 5.74) is 1.23. The highest BCUT2D eigenvalue weighted by Crippen LogP contribution is 2.18. The highest BCUT2D eigenvalue weighted by Gasteiger charge is 2.19. The summed E-state index contributed by atoms with van der Waals surface area (Å²) in [4.78, 5) is 0.327. The average molecular weight is 368 g/mol. The second kappa shape index (κ2) is 7.20. The predicted molar refractivity (Wildman–Crippen MR) is 88.7 cm³/mol. The number of rotatable bonds is 6. The lowest BCUT2D eigenvalue weighted by molar-refractivity contribution is 0.461. The molecule has 0 amide bonds. The Bertz CT molecular complexity index is 669. The first-order chi connectivity index (χ1) is 10.00. The van der Waals surface area contributed by atoms with Crippen LogP contribution in [-0.2, 0) is 16.4 Å². The third kappa shape index (κ3) is 4.40. The van der Waals surface area contributed by atoms with E-state index in [9.17, 15) is 8.42 Å².